The van der Waals surface area contributed by atoms with Crippen molar-refractivity contribution in [1.82, 2.24) is 10.3 Å². The van der Waals surface area contributed by atoms with Crippen LogP contribution in [-0.2, 0) is 0 Å². The fraction of sp³-hybridized carbons (Fsp3) is 0.467. The number of pyridine rings is 1. The number of nitrogens with zero attached hydrogens (tertiary/aromatic N) is 1. The topological polar surface area (TPSA) is 62.2 Å². The molecule has 4 heteroatoms. The highest BCUT2D eigenvalue weighted by Gasteiger charge is 2.15. The summed E-state index contributed by atoms with van der Waals surface area (Å²) in [5.41, 5.74) is 0.921. The molecule has 19 heavy (non-hydrogen) atoms. The fourth-order valence-electron chi connectivity index (χ4n) is 1.34. The molecule has 1 atom stereocenters. The molecule has 1 heterocycles. The zero-order valence-corrected chi connectivity index (χ0v) is 11.6. The van der Waals surface area contributed by atoms with Crippen LogP contribution in [0.25, 0.3) is 0 Å². The van der Waals surface area contributed by atoms with Crippen LogP contribution in [0.2, 0.25) is 0 Å². The first-order valence-electron chi connectivity index (χ1n) is 6.42. The fourth-order valence-corrected chi connectivity index (χ4v) is 1.34. The number of aliphatic hydroxyl groups excluding tert-OH is 1. The van der Waals surface area contributed by atoms with Gasteiger partial charge < -0.3 is 10.4 Å². The van der Waals surface area contributed by atoms with E-state index in [-0.39, 0.29) is 18.6 Å². The molecule has 0 spiro atoms. The Morgan fingerprint density at radius 1 is 1.47 bits per heavy atom. The van der Waals surface area contributed by atoms with Crippen LogP contribution in [-0.4, -0.2) is 28.6 Å². The van der Waals surface area contributed by atoms with Gasteiger partial charge >= 0.3 is 0 Å². The predicted molar refractivity (Wildman–Crippen MR) is 74.6 cm³/mol. The summed E-state index contributed by atoms with van der Waals surface area (Å²) in [6.45, 7) is 6.07. The van der Waals surface area contributed by atoms with Gasteiger partial charge in [-0.05, 0) is 25.0 Å². The van der Waals surface area contributed by atoms with Gasteiger partial charge in [0.2, 0.25) is 0 Å². The van der Waals surface area contributed by atoms with E-state index in [9.17, 15) is 4.79 Å². The molecule has 0 aliphatic heterocycles. The molecule has 1 rings (SSSR count). The Labute approximate surface area is 114 Å². The second kappa shape index (κ2) is 7.55. The first-order chi connectivity index (χ1) is 9.06. The van der Waals surface area contributed by atoms with E-state index in [1.54, 1.807) is 18.3 Å². The van der Waals surface area contributed by atoms with Crippen molar-refractivity contribution in [3.8, 4) is 11.8 Å². The average Bonchev–Trinajstić information content (AvgIpc) is 2.39. The van der Waals surface area contributed by atoms with Crippen LogP contribution in [0, 0.1) is 17.8 Å². The lowest BCUT2D eigenvalue weighted by Gasteiger charge is -2.17. The third kappa shape index (κ3) is 4.72. The number of carbonyl (C=O) groups is 1. The minimum atomic E-state index is -0.213. The summed E-state index contributed by atoms with van der Waals surface area (Å²) in [6.07, 6.45) is 1.96. The third-order valence-electron chi connectivity index (χ3n) is 2.84. The third-order valence-corrected chi connectivity index (χ3v) is 2.84. The van der Waals surface area contributed by atoms with E-state index in [4.69, 9.17) is 5.11 Å². The van der Waals surface area contributed by atoms with Crippen LogP contribution in [0.15, 0.2) is 18.3 Å². The number of hydrogen-bond donors (Lipinski definition) is 2. The van der Waals surface area contributed by atoms with Crippen LogP contribution in [0.4, 0.5) is 0 Å². The van der Waals surface area contributed by atoms with E-state index < -0.39 is 0 Å². The maximum absolute atomic E-state index is 12.1. The Morgan fingerprint density at radius 2 is 2.21 bits per heavy atom. The van der Waals surface area contributed by atoms with Crippen LogP contribution in [0.1, 0.15) is 43.2 Å². The van der Waals surface area contributed by atoms with E-state index in [0.717, 1.165) is 0 Å². The van der Waals surface area contributed by atoms with Crippen molar-refractivity contribution in [3.05, 3.63) is 29.6 Å². The number of amides is 1. The molecule has 0 saturated heterocycles. The van der Waals surface area contributed by atoms with Gasteiger partial charge in [-0.3, -0.25) is 4.79 Å². The number of hydrogen-bond acceptors (Lipinski definition) is 3. The molecular formula is C15H20N2O2. The quantitative estimate of drug-likeness (QED) is 0.808. The molecule has 0 bridgehead atoms. The number of aromatic nitrogens is 1. The predicted octanol–water partition coefficient (Wildman–Crippen LogP) is 1.59. The molecule has 0 aromatic carbocycles. The summed E-state index contributed by atoms with van der Waals surface area (Å²) in [5, 5.41) is 11.6. The second-order valence-corrected chi connectivity index (χ2v) is 4.68. The zero-order valence-electron chi connectivity index (χ0n) is 11.6. The first kappa shape index (κ1) is 15.2. The van der Waals surface area contributed by atoms with Crippen LogP contribution in [0.5, 0.6) is 0 Å². The Hall–Kier alpha value is -1.86. The number of nitrogens with one attached hydrogen (secondary N) is 1. The maximum Gasteiger partial charge on any atom is 0.271 e. The standard InChI is InChI=1S/C15H20N2O2/c1-11(2)12(3)17-15(19)14-13(7-4-5-10-18)8-6-9-16-14/h6,8-9,11-12,18H,5,10H2,1-3H3,(H,17,19). The number of aliphatic hydroxyl groups is 1. The molecule has 0 radical (unpaired) electrons. The van der Waals surface area contributed by atoms with Gasteiger partial charge in [0.15, 0.2) is 0 Å². The lowest BCUT2D eigenvalue weighted by atomic mass is 10.1. The molecule has 0 saturated carbocycles. The summed E-state index contributed by atoms with van der Waals surface area (Å²) < 4.78 is 0. The van der Waals surface area contributed by atoms with Crippen molar-refractivity contribution in [1.29, 1.82) is 0 Å². The number of rotatable bonds is 4. The van der Waals surface area contributed by atoms with Crippen molar-refractivity contribution < 1.29 is 9.90 Å². The van der Waals surface area contributed by atoms with E-state index in [1.807, 2.05) is 20.8 Å². The van der Waals surface area contributed by atoms with E-state index in [0.29, 0.717) is 23.6 Å². The van der Waals surface area contributed by atoms with Gasteiger partial charge in [-0.1, -0.05) is 25.7 Å². The van der Waals surface area contributed by atoms with Crippen molar-refractivity contribution in [2.75, 3.05) is 6.61 Å². The van der Waals surface area contributed by atoms with Crippen LogP contribution >= 0.6 is 0 Å². The molecule has 0 aliphatic rings. The van der Waals surface area contributed by atoms with Gasteiger partial charge in [0.05, 0.1) is 12.2 Å². The van der Waals surface area contributed by atoms with Crippen LogP contribution < -0.4 is 5.32 Å². The largest absolute Gasteiger partial charge is 0.395 e. The Bertz CT molecular complexity index is 486. The molecule has 1 aromatic rings. The lowest BCUT2D eigenvalue weighted by molar-refractivity contribution is 0.0925. The molecule has 2 N–H and O–H groups in total. The molecule has 1 aromatic heterocycles. The molecule has 102 valence electrons. The second-order valence-electron chi connectivity index (χ2n) is 4.68. The van der Waals surface area contributed by atoms with Gasteiger partial charge in [-0.15, -0.1) is 0 Å². The highest BCUT2D eigenvalue weighted by molar-refractivity contribution is 5.94. The summed E-state index contributed by atoms with van der Waals surface area (Å²) in [7, 11) is 0. The normalized spacial score (nSPS) is 11.6. The molecule has 0 fully saturated rings. The van der Waals surface area contributed by atoms with E-state index in [2.05, 4.69) is 22.1 Å². The summed E-state index contributed by atoms with van der Waals surface area (Å²) in [6, 6.07) is 3.57. The minimum Gasteiger partial charge on any atom is -0.395 e. The maximum atomic E-state index is 12.1. The highest BCUT2D eigenvalue weighted by Crippen LogP contribution is 2.06. The summed E-state index contributed by atoms with van der Waals surface area (Å²) in [4.78, 5) is 16.2. The summed E-state index contributed by atoms with van der Waals surface area (Å²) >= 11 is 0. The Kier molecular flexibility index (Phi) is 6.04. The molecule has 1 unspecified atom stereocenters. The van der Waals surface area contributed by atoms with E-state index in [1.165, 1.54) is 0 Å². The minimum absolute atomic E-state index is 0.0131. The van der Waals surface area contributed by atoms with Gasteiger partial charge in [0.1, 0.15) is 5.69 Å². The van der Waals surface area contributed by atoms with Crippen LogP contribution in [0.3, 0.4) is 0 Å². The number of carbonyl (C=O) groups excluding carboxylic acids is 1. The molecule has 0 aliphatic carbocycles. The average molecular weight is 260 g/mol. The summed E-state index contributed by atoms with van der Waals surface area (Å²) in [5.74, 6) is 5.81. The van der Waals surface area contributed by atoms with Crippen molar-refractivity contribution in [3.63, 3.8) is 0 Å². The lowest BCUT2D eigenvalue weighted by Crippen LogP contribution is -2.36. The Morgan fingerprint density at radius 3 is 2.84 bits per heavy atom. The van der Waals surface area contributed by atoms with Gasteiger partial charge in [0.25, 0.3) is 5.91 Å². The van der Waals surface area contributed by atoms with E-state index >= 15 is 0 Å². The first-order valence-corrected chi connectivity index (χ1v) is 6.42. The zero-order chi connectivity index (χ0) is 14.3. The van der Waals surface area contributed by atoms with Crippen molar-refractivity contribution in [2.24, 2.45) is 5.92 Å². The van der Waals surface area contributed by atoms with Crippen molar-refractivity contribution in [2.45, 2.75) is 33.2 Å². The van der Waals surface area contributed by atoms with Crippen molar-refractivity contribution >= 4 is 5.91 Å². The smallest absolute Gasteiger partial charge is 0.271 e. The molecule has 1 amide bonds. The monoisotopic (exact) mass is 260 g/mol. The SMILES string of the molecule is CC(C)C(C)NC(=O)c1ncccc1C#CCCO. The Balaban J connectivity index is 2.89. The molecular weight excluding hydrogens is 240 g/mol. The molecule has 4 nitrogen and oxygen atoms in total. The highest BCUT2D eigenvalue weighted by atomic mass is 16.2. The van der Waals surface area contributed by atoms with Gasteiger partial charge in [-0.2, -0.15) is 0 Å². The van der Waals surface area contributed by atoms with Gasteiger partial charge in [-0.25, -0.2) is 4.98 Å². The van der Waals surface area contributed by atoms with Gasteiger partial charge in [0, 0.05) is 18.7 Å².